The van der Waals surface area contributed by atoms with E-state index in [1.165, 1.54) is 30.5 Å². The topological polar surface area (TPSA) is 209 Å². The van der Waals surface area contributed by atoms with Crippen LogP contribution in [0.4, 0.5) is 5.95 Å². The van der Waals surface area contributed by atoms with Gasteiger partial charge < -0.3 is 35.4 Å². The van der Waals surface area contributed by atoms with Gasteiger partial charge in [-0.1, -0.05) is 20.8 Å². The molecule has 176 valence electrons. The number of imidazole rings is 1. The Labute approximate surface area is 177 Å². The fourth-order valence-corrected chi connectivity index (χ4v) is 3.41. The maximum atomic E-state index is 11.7. The van der Waals surface area contributed by atoms with Crippen molar-refractivity contribution in [3.8, 4) is 0 Å². The van der Waals surface area contributed by atoms with E-state index in [-0.39, 0.29) is 17.1 Å². The lowest BCUT2D eigenvalue weighted by molar-refractivity contribution is -0.0503. The van der Waals surface area contributed by atoms with E-state index in [0.717, 1.165) is 0 Å². The van der Waals surface area contributed by atoms with Crippen LogP contribution >= 0.6 is 7.82 Å². The minimum absolute atomic E-state index is 0.0176. The monoisotopic (exact) mass is 467 g/mol. The van der Waals surface area contributed by atoms with Crippen molar-refractivity contribution < 1.29 is 33.8 Å². The SMILES string of the molecule is CCN(CC)CC.[15NH2][13c]1nc2c(ncn2[C@@H]2O[C@H](COP(=O)(O)O)[C@@H](O)[C@H]2O)c(=O)[15nH]1. The number of nitrogens with zero attached hydrogens (tertiary/aromatic N) is 4. The number of anilines is 1. The van der Waals surface area contributed by atoms with Crippen molar-refractivity contribution in [2.24, 2.45) is 0 Å². The molecular formula is C16H29N6O8P. The zero-order valence-corrected chi connectivity index (χ0v) is 18.3. The molecule has 0 spiro atoms. The summed E-state index contributed by atoms with van der Waals surface area (Å²) >= 11 is 0. The number of rotatable bonds is 7. The molecule has 0 aromatic carbocycles. The Hall–Kier alpha value is -1.90. The molecule has 1 saturated heterocycles. The average molecular weight is 467 g/mol. The quantitative estimate of drug-likeness (QED) is 0.209. The molecule has 2 aromatic rings. The van der Waals surface area contributed by atoms with Gasteiger partial charge in [-0.25, -0.2) is 9.55 Å². The molecule has 0 radical (unpaired) electrons. The standard InChI is InChI=1S/C10H14N5O8P.C6H15N/c11-10-13-7-4(8(18)14-10)12-2-15(7)9-6(17)5(16)3(23-9)1-22-24(19,20)21;1-4-7(5-2)6-3/h2-3,5-6,9,16-17H,1H2,(H2,19,20,21)(H3,11,13,14,18);4-6H2,1-3H3/t3-,5-,6-,9-;/m1./s1/i10+1,11+1,14+1;. The zero-order valence-electron chi connectivity index (χ0n) is 17.5. The number of nitrogens with two attached hydrogens (primary N) is 1. The largest absolute Gasteiger partial charge is 0.469 e. The number of aromatic amines is 1. The first-order chi connectivity index (χ1) is 14.5. The molecule has 1 aliphatic heterocycles. The molecule has 7 N–H and O–H groups in total. The number of nitrogens with one attached hydrogen (secondary N) is 1. The Morgan fingerprint density at radius 2 is 1.87 bits per heavy atom. The van der Waals surface area contributed by atoms with Gasteiger partial charge in [-0.05, 0) is 19.6 Å². The van der Waals surface area contributed by atoms with E-state index in [1.807, 2.05) is 0 Å². The summed E-state index contributed by atoms with van der Waals surface area (Å²) in [5.74, 6) is -0.177. The lowest BCUT2D eigenvalue weighted by atomic mass is 10.1. The second kappa shape index (κ2) is 10.6. The van der Waals surface area contributed by atoms with Gasteiger partial charge in [0, 0.05) is 0 Å². The van der Waals surface area contributed by atoms with Crippen molar-refractivity contribution in [2.75, 3.05) is 32.0 Å². The van der Waals surface area contributed by atoms with Gasteiger partial charge in [0.1, 0.15) is 18.3 Å². The van der Waals surface area contributed by atoms with E-state index in [0.29, 0.717) is 0 Å². The maximum absolute atomic E-state index is 11.7. The number of H-pyrrole nitrogens is 1. The number of ether oxygens (including phenoxy) is 1. The van der Waals surface area contributed by atoms with Crippen LogP contribution in [-0.4, -0.2) is 89.0 Å². The Bertz CT molecular complexity index is 952. The van der Waals surface area contributed by atoms with Gasteiger partial charge >= 0.3 is 7.82 Å². The summed E-state index contributed by atoms with van der Waals surface area (Å²) in [5.41, 5.74) is 4.84. The highest BCUT2D eigenvalue weighted by molar-refractivity contribution is 7.46. The summed E-state index contributed by atoms with van der Waals surface area (Å²) in [5, 5.41) is 20.1. The molecule has 15 heteroatoms. The third kappa shape index (κ3) is 6.30. The van der Waals surface area contributed by atoms with Crippen LogP contribution in [-0.2, 0) is 13.8 Å². The highest BCUT2D eigenvalue weighted by Gasteiger charge is 2.45. The molecule has 0 saturated carbocycles. The number of aliphatic hydroxyl groups is 2. The number of aliphatic hydroxyl groups excluding tert-OH is 2. The Morgan fingerprint density at radius 3 is 2.39 bits per heavy atom. The second-order valence-corrected chi connectivity index (χ2v) is 7.97. The molecule has 1 fully saturated rings. The highest BCUT2D eigenvalue weighted by Crippen LogP contribution is 2.38. The van der Waals surface area contributed by atoms with E-state index in [2.05, 4.69) is 45.1 Å². The normalized spacial score (nSPS) is 23.9. The number of fused-ring (bicyclic) bond motifs is 1. The second-order valence-electron chi connectivity index (χ2n) is 6.73. The number of hydrogen-bond donors (Lipinski definition) is 6. The van der Waals surface area contributed by atoms with Gasteiger partial charge in [0.05, 0.1) is 12.9 Å². The van der Waals surface area contributed by atoms with Crippen LogP contribution in [0.3, 0.4) is 0 Å². The summed E-state index contributed by atoms with van der Waals surface area (Å²) in [4.78, 5) is 41.5. The third-order valence-electron chi connectivity index (χ3n) is 4.81. The summed E-state index contributed by atoms with van der Waals surface area (Å²) < 4.78 is 21.6. The minimum atomic E-state index is -4.76. The average Bonchev–Trinajstić information content (AvgIpc) is 3.23. The molecule has 3 rings (SSSR count). The summed E-state index contributed by atoms with van der Waals surface area (Å²) in [7, 11) is -4.76. The van der Waals surface area contributed by atoms with Crippen molar-refractivity contribution in [1.29, 1.82) is 0 Å². The number of nitrogen functional groups attached to an aromatic ring is 1. The summed E-state index contributed by atoms with van der Waals surface area (Å²) in [6, 6.07) is 0. The lowest BCUT2D eigenvalue weighted by Gasteiger charge is -2.16. The molecule has 0 unspecified atom stereocenters. The first-order valence-corrected chi connectivity index (χ1v) is 11.2. The molecule has 31 heavy (non-hydrogen) atoms. The molecular weight excluding hydrogens is 438 g/mol. The molecule has 4 atom stereocenters. The maximum Gasteiger partial charge on any atom is 0.469 e. The van der Waals surface area contributed by atoms with Gasteiger partial charge in [-0.15, -0.1) is 0 Å². The fourth-order valence-electron chi connectivity index (χ4n) is 3.07. The molecule has 2 aromatic heterocycles. The highest BCUT2D eigenvalue weighted by atomic mass is 31.2. The molecule has 0 aliphatic carbocycles. The lowest BCUT2D eigenvalue weighted by Crippen LogP contribution is -2.33. The van der Waals surface area contributed by atoms with Crippen molar-refractivity contribution in [3.05, 3.63) is 16.7 Å². The van der Waals surface area contributed by atoms with Gasteiger partial charge in [0.15, 0.2) is 17.4 Å². The molecule has 14 nitrogen and oxygen atoms in total. The Morgan fingerprint density at radius 1 is 1.26 bits per heavy atom. The van der Waals surface area contributed by atoms with Crippen molar-refractivity contribution in [1.82, 2.24) is 24.4 Å². The molecule has 1 aliphatic rings. The minimum Gasteiger partial charge on any atom is -0.387 e. The predicted octanol–water partition coefficient (Wildman–Crippen LogP) is -1.22. The van der Waals surface area contributed by atoms with Crippen molar-refractivity contribution in [3.63, 3.8) is 0 Å². The molecule has 0 bridgehead atoms. The molecule has 0 amide bonds. The number of hydrogen-bond acceptors (Lipinski definition) is 10. The van der Waals surface area contributed by atoms with E-state index in [9.17, 15) is 19.6 Å². The number of phosphoric acid groups is 1. The van der Waals surface area contributed by atoms with Crippen LogP contribution < -0.4 is 11.3 Å². The fraction of sp³-hybridized carbons (Fsp3) is 0.688. The molecule has 3 heterocycles. The first kappa shape index (κ1) is 25.4. The van der Waals surface area contributed by atoms with Crippen LogP contribution in [0.15, 0.2) is 11.1 Å². The first-order valence-electron chi connectivity index (χ1n) is 9.68. The van der Waals surface area contributed by atoms with E-state index >= 15 is 0 Å². The van der Waals surface area contributed by atoms with Crippen LogP contribution in [0, 0.1) is 0 Å². The van der Waals surface area contributed by atoms with E-state index in [1.54, 1.807) is 0 Å². The third-order valence-corrected chi connectivity index (χ3v) is 5.30. The summed E-state index contributed by atoms with van der Waals surface area (Å²) in [6.07, 6.45) is -4.22. The number of phosphoric ester groups is 1. The van der Waals surface area contributed by atoms with Gasteiger partial charge in [-0.2, -0.15) is 4.98 Å². The van der Waals surface area contributed by atoms with Gasteiger partial charge in [0.2, 0.25) is 5.95 Å². The zero-order chi connectivity index (χ0) is 23.3. The van der Waals surface area contributed by atoms with Gasteiger partial charge in [0.25, 0.3) is 5.56 Å². The smallest absolute Gasteiger partial charge is 0.387 e. The van der Waals surface area contributed by atoms with Crippen LogP contribution in [0.1, 0.15) is 27.0 Å². The van der Waals surface area contributed by atoms with Crippen molar-refractivity contribution in [2.45, 2.75) is 45.3 Å². The van der Waals surface area contributed by atoms with Crippen LogP contribution in [0.2, 0.25) is 0 Å². The van der Waals surface area contributed by atoms with Crippen LogP contribution in [0.25, 0.3) is 11.2 Å². The van der Waals surface area contributed by atoms with E-state index < -0.39 is 44.5 Å². The van der Waals surface area contributed by atoms with Crippen LogP contribution in [0.5, 0.6) is 0 Å². The number of aromatic nitrogens is 4. The van der Waals surface area contributed by atoms with Gasteiger partial charge in [-0.3, -0.25) is 18.9 Å². The van der Waals surface area contributed by atoms with Crippen molar-refractivity contribution >= 4 is 24.9 Å². The van der Waals surface area contributed by atoms with E-state index in [4.69, 9.17) is 20.3 Å². The Balaban J connectivity index is 0.000000423. The predicted molar refractivity (Wildman–Crippen MR) is 110 cm³/mol. The Kier molecular flexibility index (Phi) is 8.68. The summed E-state index contributed by atoms with van der Waals surface area (Å²) in [6.45, 7) is 9.47.